The lowest BCUT2D eigenvalue weighted by Crippen LogP contribution is -2.47. The van der Waals surface area contributed by atoms with Gasteiger partial charge in [-0.05, 0) is 17.7 Å². The van der Waals surface area contributed by atoms with Gasteiger partial charge in [-0.1, -0.05) is 51.1 Å². The van der Waals surface area contributed by atoms with Gasteiger partial charge in [-0.3, -0.25) is 9.59 Å². The van der Waals surface area contributed by atoms with Crippen molar-refractivity contribution in [2.75, 3.05) is 26.8 Å². The zero-order valence-corrected chi connectivity index (χ0v) is 17.2. The molecular formula is C22H30N2O4. The van der Waals surface area contributed by atoms with Crippen LogP contribution in [-0.4, -0.2) is 48.4 Å². The summed E-state index contributed by atoms with van der Waals surface area (Å²) >= 11 is 0. The summed E-state index contributed by atoms with van der Waals surface area (Å²) < 4.78 is 10.6. The van der Waals surface area contributed by atoms with Crippen molar-refractivity contribution in [1.82, 2.24) is 9.80 Å². The van der Waals surface area contributed by atoms with Crippen molar-refractivity contribution in [1.29, 1.82) is 0 Å². The Kier molecular flexibility index (Phi) is 7.81. The van der Waals surface area contributed by atoms with Crippen molar-refractivity contribution in [2.45, 2.75) is 33.9 Å². The highest BCUT2D eigenvalue weighted by molar-refractivity contribution is 5.87. The molecule has 0 aliphatic carbocycles. The third-order valence-corrected chi connectivity index (χ3v) is 4.32. The van der Waals surface area contributed by atoms with Crippen LogP contribution in [-0.2, 0) is 27.4 Å². The maximum Gasteiger partial charge on any atom is 0.242 e. The fourth-order valence-corrected chi connectivity index (χ4v) is 2.82. The Morgan fingerprint density at radius 2 is 1.71 bits per heavy atom. The van der Waals surface area contributed by atoms with E-state index in [0.29, 0.717) is 32.0 Å². The summed E-state index contributed by atoms with van der Waals surface area (Å²) in [7, 11) is 1.58. The average Bonchev–Trinajstić information content (AvgIpc) is 3.17. The second kappa shape index (κ2) is 10.1. The van der Waals surface area contributed by atoms with E-state index >= 15 is 0 Å². The molecule has 2 rings (SSSR count). The number of hydrogen-bond donors (Lipinski definition) is 0. The second-order valence-corrected chi connectivity index (χ2v) is 7.78. The first-order chi connectivity index (χ1) is 13.3. The third kappa shape index (κ3) is 6.53. The largest absolute Gasteiger partial charge is 0.467 e. The molecule has 0 N–H and O–H groups in total. The molecule has 0 radical (unpaired) electrons. The van der Waals surface area contributed by atoms with Crippen LogP contribution in [0.5, 0.6) is 0 Å². The number of furan rings is 1. The maximum atomic E-state index is 13.1. The summed E-state index contributed by atoms with van der Waals surface area (Å²) in [5.74, 6) is 0.499. The molecule has 0 fully saturated rings. The highest BCUT2D eigenvalue weighted by Crippen LogP contribution is 2.18. The molecule has 0 unspecified atom stereocenters. The van der Waals surface area contributed by atoms with E-state index in [1.54, 1.807) is 29.2 Å². The maximum absolute atomic E-state index is 13.1. The molecule has 0 spiro atoms. The van der Waals surface area contributed by atoms with Crippen LogP contribution in [0.1, 0.15) is 32.1 Å². The molecule has 2 aromatic rings. The number of amides is 2. The highest BCUT2D eigenvalue weighted by atomic mass is 16.5. The first-order valence-electron chi connectivity index (χ1n) is 9.43. The molecule has 0 bridgehead atoms. The van der Waals surface area contributed by atoms with Gasteiger partial charge in [0.1, 0.15) is 5.76 Å². The Hall–Kier alpha value is -2.60. The van der Waals surface area contributed by atoms with E-state index in [-0.39, 0.29) is 18.4 Å². The van der Waals surface area contributed by atoms with Gasteiger partial charge in [0.15, 0.2) is 0 Å². The number of rotatable bonds is 9. The lowest BCUT2D eigenvalue weighted by molar-refractivity contribution is -0.146. The van der Waals surface area contributed by atoms with Crippen LogP contribution in [0.4, 0.5) is 0 Å². The van der Waals surface area contributed by atoms with Gasteiger partial charge < -0.3 is 19.0 Å². The van der Waals surface area contributed by atoms with Crippen LogP contribution in [0.25, 0.3) is 0 Å². The fraction of sp³-hybridized carbons (Fsp3) is 0.455. The van der Waals surface area contributed by atoms with Gasteiger partial charge >= 0.3 is 0 Å². The lowest BCUT2D eigenvalue weighted by Gasteiger charge is -2.31. The molecule has 0 saturated carbocycles. The number of carbonyl (C=O) groups excluding carboxylic acids is 2. The summed E-state index contributed by atoms with van der Waals surface area (Å²) in [5.41, 5.74) is 0.451. The van der Waals surface area contributed by atoms with Crippen molar-refractivity contribution < 1.29 is 18.7 Å². The van der Waals surface area contributed by atoms with Crippen LogP contribution in [0.2, 0.25) is 0 Å². The van der Waals surface area contributed by atoms with Gasteiger partial charge in [0.25, 0.3) is 0 Å². The van der Waals surface area contributed by atoms with Gasteiger partial charge in [-0.25, -0.2) is 0 Å². The molecule has 28 heavy (non-hydrogen) atoms. The zero-order valence-electron chi connectivity index (χ0n) is 17.2. The molecule has 152 valence electrons. The second-order valence-electron chi connectivity index (χ2n) is 7.78. The summed E-state index contributed by atoms with van der Waals surface area (Å²) in [6.07, 6.45) is 1.59. The summed E-state index contributed by atoms with van der Waals surface area (Å²) in [6, 6.07) is 13.4. The minimum atomic E-state index is -0.570. The first-order valence-corrected chi connectivity index (χ1v) is 9.43. The third-order valence-electron chi connectivity index (χ3n) is 4.32. The minimum Gasteiger partial charge on any atom is -0.467 e. The molecule has 1 heterocycles. The number of methoxy groups -OCH3 is 1. The van der Waals surface area contributed by atoms with E-state index in [2.05, 4.69) is 0 Å². The van der Waals surface area contributed by atoms with Gasteiger partial charge in [-0.2, -0.15) is 0 Å². The van der Waals surface area contributed by atoms with E-state index in [1.165, 1.54) is 0 Å². The molecule has 0 saturated heterocycles. The molecule has 6 heteroatoms. The number of benzene rings is 1. The van der Waals surface area contributed by atoms with Gasteiger partial charge in [-0.15, -0.1) is 0 Å². The SMILES string of the molecule is COCCN(CC(=O)N(Cc1ccccc1)Cc1ccco1)C(=O)C(C)(C)C. The van der Waals surface area contributed by atoms with Crippen LogP contribution in [0, 0.1) is 5.41 Å². The van der Waals surface area contributed by atoms with Crippen molar-refractivity contribution in [2.24, 2.45) is 5.41 Å². The Morgan fingerprint density at radius 1 is 1.00 bits per heavy atom. The molecular weight excluding hydrogens is 356 g/mol. The van der Waals surface area contributed by atoms with Crippen molar-refractivity contribution in [3.63, 3.8) is 0 Å². The quantitative estimate of drug-likeness (QED) is 0.663. The van der Waals surface area contributed by atoms with E-state index in [0.717, 1.165) is 5.56 Å². The Bertz CT molecular complexity index is 736. The Balaban J connectivity index is 2.17. The van der Waals surface area contributed by atoms with E-state index in [4.69, 9.17) is 9.15 Å². The summed E-state index contributed by atoms with van der Waals surface area (Å²) in [6.45, 7) is 7.11. The van der Waals surface area contributed by atoms with Crippen molar-refractivity contribution >= 4 is 11.8 Å². The Labute approximate surface area is 167 Å². The topological polar surface area (TPSA) is 63.0 Å². The van der Waals surface area contributed by atoms with Crippen molar-refractivity contribution in [3.05, 3.63) is 60.1 Å². The molecule has 1 aromatic carbocycles. The van der Waals surface area contributed by atoms with Crippen LogP contribution in [0.15, 0.2) is 53.1 Å². The first kappa shape index (κ1) is 21.7. The van der Waals surface area contributed by atoms with E-state index in [1.807, 2.05) is 57.2 Å². The Morgan fingerprint density at radius 3 is 2.29 bits per heavy atom. The predicted octanol–water partition coefficient (Wildman–Crippen LogP) is 3.33. The molecule has 0 aliphatic rings. The van der Waals surface area contributed by atoms with E-state index < -0.39 is 5.41 Å². The summed E-state index contributed by atoms with van der Waals surface area (Å²) in [5, 5.41) is 0. The van der Waals surface area contributed by atoms with Crippen molar-refractivity contribution in [3.8, 4) is 0 Å². The normalized spacial score (nSPS) is 11.3. The minimum absolute atomic E-state index is 0.00695. The van der Waals surface area contributed by atoms with Crippen LogP contribution in [0.3, 0.4) is 0 Å². The zero-order chi connectivity index (χ0) is 20.6. The number of ether oxygens (including phenoxy) is 1. The molecule has 0 aliphatic heterocycles. The molecule has 6 nitrogen and oxygen atoms in total. The number of carbonyl (C=O) groups is 2. The lowest BCUT2D eigenvalue weighted by atomic mass is 9.94. The predicted molar refractivity (Wildman–Crippen MR) is 107 cm³/mol. The van der Waals surface area contributed by atoms with Gasteiger partial charge in [0, 0.05) is 25.6 Å². The smallest absolute Gasteiger partial charge is 0.242 e. The van der Waals surface area contributed by atoms with Gasteiger partial charge in [0.05, 0.1) is 26.0 Å². The number of hydrogen-bond acceptors (Lipinski definition) is 4. The monoisotopic (exact) mass is 386 g/mol. The number of nitrogens with zero attached hydrogens (tertiary/aromatic N) is 2. The molecule has 2 amide bonds. The highest BCUT2D eigenvalue weighted by Gasteiger charge is 2.29. The van der Waals surface area contributed by atoms with Gasteiger partial charge in [0.2, 0.25) is 11.8 Å². The molecule has 1 aromatic heterocycles. The van der Waals surface area contributed by atoms with Crippen LogP contribution < -0.4 is 0 Å². The summed E-state index contributed by atoms with van der Waals surface area (Å²) in [4.78, 5) is 29.2. The fourth-order valence-electron chi connectivity index (χ4n) is 2.82. The average molecular weight is 386 g/mol. The standard InChI is InChI=1S/C22H30N2O4/c1-22(2,3)21(26)23(12-14-27-4)17-20(25)24(16-19-11-8-13-28-19)15-18-9-6-5-7-10-18/h5-11,13H,12,14-17H2,1-4H3. The van der Waals surface area contributed by atoms with Crippen LogP contribution >= 0.6 is 0 Å². The van der Waals surface area contributed by atoms with E-state index in [9.17, 15) is 9.59 Å². The molecule has 0 atom stereocenters.